The minimum atomic E-state index is -0.149. The van der Waals surface area contributed by atoms with Crippen LogP contribution in [-0.4, -0.2) is 37.4 Å². The summed E-state index contributed by atoms with van der Waals surface area (Å²) < 4.78 is 5.36. The van der Waals surface area contributed by atoms with Gasteiger partial charge in [0.05, 0.1) is 13.2 Å². The molecule has 24 heavy (non-hydrogen) atoms. The highest BCUT2D eigenvalue weighted by molar-refractivity contribution is 7.08. The van der Waals surface area contributed by atoms with Gasteiger partial charge in [0.25, 0.3) is 5.91 Å². The van der Waals surface area contributed by atoms with E-state index in [9.17, 15) is 9.59 Å². The van der Waals surface area contributed by atoms with Crippen molar-refractivity contribution < 1.29 is 14.3 Å². The fourth-order valence-electron chi connectivity index (χ4n) is 2.39. The molecule has 1 unspecified atom stereocenters. The normalized spacial score (nSPS) is 11.6. The van der Waals surface area contributed by atoms with Gasteiger partial charge in [-0.05, 0) is 24.4 Å². The van der Waals surface area contributed by atoms with E-state index >= 15 is 0 Å². The smallest absolute Gasteiger partial charge is 0.252 e. The molecule has 1 aromatic carbocycles. The van der Waals surface area contributed by atoms with Crippen LogP contribution in [0, 0.1) is 0 Å². The maximum absolute atomic E-state index is 12.4. The van der Waals surface area contributed by atoms with Crippen LogP contribution in [0.1, 0.15) is 35.3 Å². The second kappa shape index (κ2) is 8.49. The van der Waals surface area contributed by atoms with Crippen molar-refractivity contribution in [3.8, 4) is 5.75 Å². The van der Waals surface area contributed by atoms with Crippen molar-refractivity contribution >= 4 is 23.2 Å². The van der Waals surface area contributed by atoms with Gasteiger partial charge in [0, 0.05) is 36.5 Å². The average molecular weight is 346 g/mol. The maximum Gasteiger partial charge on any atom is 0.252 e. The Hall–Kier alpha value is -2.34. The van der Waals surface area contributed by atoms with Crippen molar-refractivity contribution in [2.75, 3.05) is 20.7 Å². The summed E-state index contributed by atoms with van der Waals surface area (Å²) in [4.78, 5) is 25.9. The zero-order valence-corrected chi connectivity index (χ0v) is 14.9. The summed E-state index contributed by atoms with van der Waals surface area (Å²) in [6.45, 7) is 2.27. The molecule has 0 bridgehead atoms. The van der Waals surface area contributed by atoms with Gasteiger partial charge in [0.15, 0.2) is 0 Å². The largest absolute Gasteiger partial charge is 0.496 e. The van der Waals surface area contributed by atoms with Crippen LogP contribution in [0.15, 0.2) is 41.1 Å². The highest BCUT2D eigenvalue weighted by Crippen LogP contribution is 2.28. The molecule has 6 heteroatoms. The summed E-state index contributed by atoms with van der Waals surface area (Å²) >= 11 is 1.47. The van der Waals surface area contributed by atoms with E-state index in [2.05, 4.69) is 5.32 Å². The van der Waals surface area contributed by atoms with E-state index in [1.54, 1.807) is 30.5 Å². The Balaban J connectivity index is 1.88. The summed E-state index contributed by atoms with van der Waals surface area (Å²) in [5.41, 5.74) is 1.58. The molecule has 2 amide bonds. The first-order valence-corrected chi connectivity index (χ1v) is 8.68. The molecule has 0 aliphatic rings. The third-order valence-corrected chi connectivity index (χ3v) is 4.65. The first-order valence-electron chi connectivity index (χ1n) is 7.73. The lowest BCUT2D eigenvalue weighted by atomic mass is 10.1. The summed E-state index contributed by atoms with van der Waals surface area (Å²) in [5.74, 6) is 0.582. The van der Waals surface area contributed by atoms with Crippen LogP contribution in [0.2, 0.25) is 0 Å². The lowest BCUT2D eigenvalue weighted by Gasteiger charge is -2.26. The zero-order chi connectivity index (χ0) is 17.5. The number of thiophene rings is 1. The standard InChI is InChI=1S/C18H22N2O3S/c1-13(15-6-4-5-7-16(15)23-3)20(2)17(21)8-10-19-18(22)14-9-11-24-12-14/h4-7,9,11-13H,8,10H2,1-3H3,(H,19,22). The molecule has 0 saturated carbocycles. The molecule has 0 aliphatic heterocycles. The van der Waals surface area contributed by atoms with E-state index in [-0.39, 0.29) is 24.3 Å². The van der Waals surface area contributed by atoms with E-state index in [1.165, 1.54) is 11.3 Å². The SMILES string of the molecule is COc1ccccc1C(C)N(C)C(=O)CCNC(=O)c1ccsc1. The number of hydrogen-bond donors (Lipinski definition) is 1. The topological polar surface area (TPSA) is 58.6 Å². The molecule has 2 aromatic rings. The molecular weight excluding hydrogens is 324 g/mol. The quantitative estimate of drug-likeness (QED) is 0.838. The number of ether oxygens (including phenoxy) is 1. The van der Waals surface area contributed by atoms with Gasteiger partial charge in [0.1, 0.15) is 5.75 Å². The fraction of sp³-hybridized carbons (Fsp3) is 0.333. The van der Waals surface area contributed by atoms with Crippen LogP contribution in [0.4, 0.5) is 0 Å². The second-order valence-corrected chi connectivity index (χ2v) is 6.22. The van der Waals surface area contributed by atoms with Crippen molar-refractivity contribution in [3.05, 3.63) is 52.2 Å². The molecule has 0 saturated heterocycles. The van der Waals surface area contributed by atoms with E-state index in [4.69, 9.17) is 4.74 Å². The van der Waals surface area contributed by atoms with Crippen molar-refractivity contribution in [3.63, 3.8) is 0 Å². The Morgan fingerprint density at radius 2 is 2.04 bits per heavy atom. The molecule has 1 aromatic heterocycles. The number of rotatable bonds is 7. The van der Waals surface area contributed by atoms with Gasteiger partial charge in [-0.15, -0.1) is 0 Å². The number of carbonyl (C=O) groups excluding carboxylic acids is 2. The number of methoxy groups -OCH3 is 1. The van der Waals surface area contributed by atoms with E-state index in [0.717, 1.165) is 11.3 Å². The first-order chi connectivity index (χ1) is 11.5. The average Bonchev–Trinajstić information content (AvgIpc) is 3.14. The zero-order valence-electron chi connectivity index (χ0n) is 14.1. The molecule has 1 N–H and O–H groups in total. The van der Waals surface area contributed by atoms with Crippen molar-refractivity contribution in [1.82, 2.24) is 10.2 Å². The van der Waals surface area contributed by atoms with Crippen LogP contribution >= 0.6 is 11.3 Å². The number of para-hydroxylation sites is 1. The Morgan fingerprint density at radius 1 is 1.29 bits per heavy atom. The van der Waals surface area contributed by atoms with Crippen LogP contribution in [0.5, 0.6) is 5.75 Å². The second-order valence-electron chi connectivity index (χ2n) is 5.44. The van der Waals surface area contributed by atoms with Gasteiger partial charge in [-0.3, -0.25) is 9.59 Å². The number of hydrogen-bond acceptors (Lipinski definition) is 4. The van der Waals surface area contributed by atoms with Gasteiger partial charge < -0.3 is 15.0 Å². The van der Waals surface area contributed by atoms with Crippen LogP contribution in [0.25, 0.3) is 0 Å². The van der Waals surface area contributed by atoms with Gasteiger partial charge in [-0.2, -0.15) is 11.3 Å². The number of nitrogens with zero attached hydrogens (tertiary/aromatic N) is 1. The summed E-state index contributed by atoms with van der Waals surface area (Å²) in [5, 5.41) is 6.40. The van der Waals surface area contributed by atoms with Gasteiger partial charge in [-0.1, -0.05) is 18.2 Å². The highest BCUT2D eigenvalue weighted by Gasteiger charge is 2.20. The molecule has 0 aliphatic carbocycles. The summed E-state index contributed by atoms with van der Waals surface area (Å²) in [7, 11) is 3.38. The Labute approximate surface area is 146 Å². The fourth-order valence-corrected chi connectivity index (χ4v) is 3.03. The predicted octanol–water partition coefficient (Wildman–Crippen LogP) is 3.10. The Morgan fingerprint density at radius 3 is 2.71 bits per heavy atom. The number of nitrogens with one attached hydrogen (secondary N) is 1. The number of carbonyl (C=O) groups is 2. The minimum Gasteiger partial charge on any atom is -0.496 e. The molecule has 0 fully saturated rings. The molecule has 128 valence electrons. The Kier molecular flexibility index (Phi) is 6.37. The van der Waals surface area contributed by atoms with Crippen molar-refractivity contribution in [2.45, 2.75) is 19.4 Å². The maximum atomic E-state index is 12.4. The molecule has 0 spiro atoms. The predicted molar refractivity (Wildman–Crippen MR) is 95.4 cm³/mol. The van der Waals surface area contributed by atoms with Gasteiger partial charge in [-0.25, -0.2) is 0 Å². The molecule has 2 rings (SSSR count). The first kappa shape index (κ1) is 18.0. The third kappa shape index (κ3) is 4.35. The molecule has 0 radical (unpaired) electrons. The molecular formula is C18H22N2O3S. The van der Waals surface area contributed by atoms with Crippen LogP contribution in [-0.2, 0) is 4.79 Å². The van der Waals surface area contributed by atoms with E-state index < -0.39 is 0 Å². The van der Waals surface area contributed by atoms with Crippen LogP contribution in [0.3, 0.4) is 0 Å². The van der Waals surface area contributed by atoms with Gasteiger partial charge >= 0.3 is 0 Å². The van der Waals surface area contributed by atoms with Crippen molar-refractivity contribution in [1.29, 1.82) is 0 Å². The summed E-state index contributed by atoms with van der Waals surface area (Å²) in [6, 6.07) is 9.31. The number of benzene rings is 1. The third-order valence-electron chi connectivity index (χ3n) is 3.97. The minimum absolute atomic E-state index is 0.0287. The molecule has 1 atom stereocenters. The molecule has 5 nitrogen and oxygen atoms in total. The Bertz CT molecular complexity index is 685. The van der Waals surface area contributed by atoms with E-state index in [0.29, 0.717) is 12.1 Å². The van der Waals surface area contributed by atoms with Gasteiger partial charge in [0.2, 0.25) is 5.91 Å². The lowest BCUT2D eigenvalue weighted by Crippen LogP contribution is -2.33. The highest BCUT2D eigenvalue weighted by atomic mass is 32.1. The molecule has 1 heterocycles. The van der Waals surface area contributed by atoms with E-state index in [1.807, 2.05) is 36.6 Å². The summed E-state index contributed by atoms with van der Waals surface area (Å²) in [6.07, 6.45) is 0.256. The van der Waals surface area contributed by atoms with Crippen molar-refractivity contribution in [2.24, 2.45) is 0 Å². The van der Waals surface area contributed by atoms with Crippen LogP contribution < -0.4 is 10.1 Å². The number of amides is 2. The lowest BCUT2D eigenvalue weighted by molar-refractivity contribution is -0.131. The monoisotopic (exact) mass is 346 g/mol.